The summed E-state index contributed by atoms with van der Waals surface area (Å²) in [5, 5.41) is 55.4. The number of rotatable bonds is 6. The molecule has 0 atom stereocenters. The van der Waals surface area contributed by atoms with Gasteiger partial charge in [0.2, 0.25) is 5.70 Å². The van der Waals surface area contributed by atoms with Crippen molar-refractivity contribution in [3.8, 4) is 12.1 Å². The van der Waals surface area contributed by atoms with E-state index in [4.69, 9.17) is 18.9 Å². The molecule has 4 rings (SSSR count). The van der Waals surface area contributed by atoms with Gasteiger partial charge in [0.05, 0.1) is 63.0 Å². The lowest BCUT2D eigenvalue weighted by atomic mass is 10.0. The number of nitrogens with zero attached hydrogens (tertiary/aromatic N) is 6. The lowest BCUT2D eigenvalue weighted by molar-refractivity contribution is -0.385. The van der Waals surface area contributed by atoms with Gasteiger partial charge in [-0.1, -0.05) is 0 Å². The lowest BCUT2D eigenvalue weighted by Gasteiger charge is -2.01. The van der Waals surface area contributed by atoms with Crippen molar-refractivity contribution in [2.24, 2.45) is 0 Å². The van der Waals surface area contributed by atoms with Crippen molar-refractivity contribution in [2.45, 2.75) is 0 Å². The van der Waals surface area contributed by atoms with E-state index in [-0.39, 0.29) is 0 Å². The van der Waals surface area contributed by atoms with Gasteiger partial charge in [0, 0.05) is 29.3 Å². The van der Waals surface area contributed by atoms with Gasteiger partial charge in [0.25, 0.3) is 17.1 Å². The fourth-order valence-corrected chi connectivity index (χ4v) is 3.55. The molecule has 15 heteroatoms. The average molecular weight is 579 g/mol. The van der Waals surface area contributed by atoms with Crippen LogP contribution in [0.5, 0.6) is 0 Å². The van der Waals surface area contributed by atoms with E-state index >= 15 is 0 Å². The van der Waals surface area contributed by atoms with Gasteiger partial charge < -0.3 is 0 Å². The second-order valence-electron chi connectivity index (χ2n) is 7.57. The molecule has 0 aliphatic heterocycles. The predicted octanol–water partition coefficient (Wildman–Crippen LogP) is 6.43. The van der Waals surface area contributed by atoms with Crippen LogP contribution >= 0.6 is 0 Å². The van der Waals surface area contributed by atoms with Crippen LogP contribution in [0, 0.1) is 77.0 Å². The summed E-state index contributed by atoms with van der Waals surface area (Å²) in [6, 6.07) is -10.9. The number of hydrogen-bond donors (Lipinski definition) is 0. The Balaban J connectivity index is 2.43. The molecule has 3 aromatic rings. The highest BCUT2D eigenvalue weighted by atomic mass is 19.1. The molecule has 0 heterocycles. The molecule has 204 valence electrons. The molecule has 0 bridgehead atoms. The third-order valence-electron chi connectivity index (χ3n) is 5.16. The second-order valence-corrected chi connectivity index (χ2v) is 7.57. The van der Waals surface area contributed by atoms with E-state index in [1.54, 1.807) is 0 Å². The van der Waals surface area contributed by atoms with Crippen LogP contribution in [-0.4, -0.2) is 14.8 Å². The third kappa shape index (κ3) is 5.27. The van der Waals surface area contributed by atoms with E-state index in [9.17, 15) is 54.0 Å². The van der Waals surface area contributed by atoms with E-state index in [1.807, 2.05) is 0 Å². The number of halogens is 3. The molecule has 1 fully saturated rings. The highest BCUT2D eigenvalue weighted by molar-refractivity contribution is 6.11. The smallest absolute Gasteiger partial charge is 0.258 e. The van der Waals surface area contributed by atoms with Crippen molar-refractivity contribution in [1.29, 1.82) is 10.5 Å². The second kappa shape index (κ2) is 10.8. The molecule has 3 aromatic carbocycles. The van der Waals surface area contributed by atoms with Gasteiger partial charge in [-0.3, -0.25) is 30.3 Å². The summed E-state index contributed by atoms with van der Waals surface area (Å²) in [5.41, 5.74) is -15.2. The van der Waals surface area contributed by atoms with Crippen LogP contribution < -0.4 is 0 Å². The summed E-state index contributed by atoms with van der Waals surface area (Å²) in [6.07, 6.45) is 0. The van der Waals surface area contributed by atoms with E-state index in [0.717, 1.165) is 0 Å². The minimum Gasteiger partial charge on any atom is -0.258 e. The maximum atomic E-state index is 15.0. The summed E-state index contributed by atoms with van der Waals surface area (Å²) in [6.45, 7) is 7.78. The Bertz CT molecular complexity index is 2200. The third-order valence-corrected chi connectivity index (χ3v) is 5.16. The average Bonchev–Trinajstić information content (AvgIpc) is 3.77. The molecule has 0 radical (unpaired) electrons. The fraction of sp³-hybridized carbons (Fsp3) is 0. The zero-order valence-electron chi connectivity index (χ0n) is 28.8. The first-order valence-electron chi connectivity index (χ1n) is 15.0. The molecule has 0 N–H and O–H groups in total. The van der Waals surface area contributed by atoms with E-state index in [2.05, 4.69) is 4.85 Å². The number of nitriles is 2. The Morgan fingerprint density at radius 3 is 1.31 bits per heavy atom. The normalized spacial score (nSPS) is 18.4. The zero-order valence-corrected chi connectivity index (χ0v) is 19.8. The van der Waals surface area contributed by atoms with Crippen LogP contribution in [0.1, 0.15) is 29.0 Å². The molecular weight excluding hydrogens is 561 g/mol. The van der Waals surface area contributed by atoms with E-state index < -0.39 is 154 Å². The van der Waals surface area contributed by atoms with Crippen LogP contribution in [0.25, 0.3) is 21.7 Å². The van der Waals surface area contributed by atoms with Crippen molar-refractivity contribution >= 4 is 33.9 Å². The highest BCUT2D eigenvalue weighted by Crippen LogP contribution is 2.56. The topological polar surface area (TPSA) is 181 Å². The summed E-state index contributed by atoms with van der Waals surface area (Å²) in [4.78, 5) is 33.7. The van der Waals surface area contributed by atoms with Gasteiger partial charge >= 0.3 is 0 Å². The van der Waals surface area contributed by atoms with Crippen molar-refractivity contribution < 1.29 is 40.3 Å². The summed E-state index contributed by atoms with van der Waals surface area (Å²) >= 11 is 0. The van der Waals surface area contributed by atoms with Crippen LogP contribution in [-0.2, 0) is 0 Å². The fourth-order valence-electron chi connectivity index (χ4n) is 3.55. The van der Waals surface area contributed by atoms with Crippen LogP contribution in [0.2, 0.25) is 0 Å². The molecule has 0 aromatic heterocycles. The maximum Gasteiger partial charge on any atom is 0.272 e. The number of benzene rings is 3. The molecule has 1 saturated carbocycles. The Morgan fingerprint density at radius 2 is 1.00 bits per heavy atom. The Kier molecular flexibility index (Phi) is 4.80. The minimum absolute atomic E-state index is 0.956. The SMILES string of the molecule is [2H]c1c(F)c([2H])c([N+](=O)[O-])c([2H])c1C([N+]#[C-])=C1C(=C(\C#N)c2c([2H])c(F)c([2H])c([N+](=O)[O-])c2[2H])/C1=C(\C#N)c1c([2H])c(F)c([2H])c([N+](=O)[O-])c1[2H]. The number of hydrogen-bond acceptors (Lipinski definition) is 8. The molecule has 12 nitrogen and oxygen atoms in total. The first-order valence-corrected chi connectivity index (χ1v) is 10.5. The quantitative estimate of drug-likeness (QED) is 0.139. The summed E-state index contributed by atoms with van der Waals surface area (Å²) in [7, 11) is 0. The molecule has 0 unspecified atom stereocenters. The predicted molar refractivity (Wildman–Crippen MR) is 138 cm³/mol. The molecular formula is C27H9F3N6O6. The largest absolute Gasteiger partial charge is 0.272 e. The first kappa shape index (κ1) is 18.6. The van der Waals surface area contributed by atoms with Crippen molar-refractivity contribution in [3.63, 3.8) is 0 Å². The Hall–Kier alpha value is -6.66. The number of allylic oxidation sites excluding steroid dienone is 5. The Labute approximate surface area is 244 Å². The van der Waals surface area contributed by atoms with Crippen molar-refractivity contribution in [1.82, 2.24) is 0 Å². The molecule has 42 heavy (non-hydrogen) atoms. The van der Waals surface area contributed by atoms with Gasteiger partial charge in [-0.15, -0.1) is 0 Å². The first-order chi connectivity index (χ1) is 23.7. The van der Waals surface area contributed by atoms with Gasteiger partial charge in [-0.05, 0) is 40.4 Å². The van der Waals surface area contributed by atoms with Crippen LogP contribution in [0.15, 0.2) is 71.1 Å². The molecule has 1 aliphatic rings. The molecule has 0 saturated heterocycles. The zero-order chi connectivity index (χ0) is 38.7. The van der Waals surface area contributed by atoms with Crippen LogP contribution in [0.4, 0.5) is 30.2 Å². The van der Waals surface area contributed by atoms with Gasteiger partial charge in [-0.2, -0.15) is 10.5 Å². The maximum absolute atomic E-state index is 15.0. The molecule has 1 aliphatic carbocycles. The van der Waals surface area contributed by atoms with Crippen molar-refractivity contribution in [2.75, 3.05) is 0 Å². The molecule has 0 amide bonds. The van der Waals surface area contributed by atoms with E-state index in [1.165, 1.54) is 12.1 Å². The molecule has 0 spiro atoms. The minimum atomic E-state index is -1.96. The highest BCUT2D eigenvalue weighted by Gasteiger charge is 2.41. The standard InChI is InChI=1S/C27H9F3N6O6/c1-33-27(15-4-18(30)10-21(7-15)36(41)42)26-24(22(11-31)13-2-16(28)8-19(5-13)34(37)38)25(26)23(12-32)14-3-17(29)9-20(6-14)35(39)40/h2-10H/b24-22-,25-23+,27-26?/i2D,3D,4D,5D,6D,7D,8D,9D,10D. The summed E-state index contributed by atoms with van der Waals surface area (Å²) < 4.78 is 117. The van der Waals surface area contributed by atoms with E-state index in [0.29, 0.717) is 0 Å². The monoisotopic (exact) mass is 579 g/mol. The Morgan fingerprint density at radius 1 is 0.667 bits per heavy atom. The van der Waals surface area contributed by atoms with Crippen molar-refractivity contribution in [3.05, 3.63) is 147 Å². The lowest BCUT2D eigenvalue weighted by Crippen LogP contribution is -1.93. The van der Waals surface area contributed by atoms with Crippen LogP contribution in [0.3, 0.4) is 0 Å². The number of nitro groups is 3. The van der Waals surface area contributed by atoms with Gasteiger partial charge in [0.15, 0.2) is 0 Å². The number of nitro benzene ring substituents is 3. The van der Waals surface area contributed by atoms with Gasteiger partial charge in [-0.25, -0.2) is 18.0 Å². The summed E-state index contributed by atoms with van der Waals surface area (Å²) in [5.74, 6) is -5.87. The van der Waals surface area contributed by atoms with Gasteiger partial charge in [0.1, 0.15) is 29.6 Å².